The lowest BCUT2D eigenvalue weighted by molar-refractivity contribution is 0.0638. The number of hydrogen-bond acceptors (Lipinski definition) is 5. The van der Waals surface area contributed by atoms with Crippen LogP contribution in [0.25, 0.3) is 21.0 Å². The zero-order valence-corrected chi connectivity index (χ0v) is 18.6. The molecule has 0 radical (unpaired) electrons. The predicted molar refractivity (Wildman–Crippen MR) is 119 cm³/mol. The van der Waals surface area contributed by atoms with E-state index in [9.17, 15) is 4.79 Å². The van der Waals surface area contributed by atoms with Gasteiger partial charge >= 0.3 is 0 Å². The normalized spacial score (nSPS) is 16.1. The van der Waals surface area contributed by atoms with Crippen molar-refractivity contribution < 1.29 is 4.79 Å². The van der Waals surface area contributed by atoms with E-state index in [1.807, 2.05) is 13.0 Å². The molecule has 30 heavy (non-hydrogen) atoms. The second-order valence-electron chi connectivity index (χ2n) is 7.33. The zero-order valence-electron chi connectivity index (χ0n) is 16.3. The lowest BCUT2D eigenvalue weighted by atomic mass is 10.1. The molecule has 3 heterocycles. The summed E-state index contributed by atoms with van der Waals surface area (Å²) >= 11 is 13.7. The van der Waals surface area contributed by atoms with Crippen LogP contribution >= 0.6 is 34.5 Å². The molecule has 2 aromatic heterocycles. The summed E-state index contributed by atoms with van der Waals surface area (Å²) in [4.78, 5) is 19.6. The molecule has 5 rings (SSSR count). The van der Waals surface area contributed by atoms with E-state index >= 15 is 0 Å². The molecular formula is C21H17Cl2N5OS. The highest BCUT2D eigenvalue weighted by Crippen LogP contribution is 2.34. The number of carbonyl (C=O) groups is 1. The van der Waals surface area contributed by atoms with E-state index in [-0.39, 0.29) is 11.9 Å². The molecule has 0 spiro atoms. The number of halogens is 2. The number of carbonyl (C=O) groups excluding carboxylic acids is 1. The Balaban J connectivity index is 1.47. The number of aryl methyl sites for hydroxylation is 1. The standard InChI is InChI=1S/C21H17Cl2N5OS/c1-11-3-6-16-17(9-11)30-20(24-16)19-26-25-18-12(2)27(7-8-28(18)19)21(29)13-4-5-14(22)15(23)10-13/h3-6,9-10,12H,7-8H2,1-2H3/t12-/m1/s1. The van der Waals surface area contributed by atoms with Gasteiger partial charge in [-0.2, -0.15) is 0 Å². The van der Waals surface area contributed by atoms with E-state index in [4.69, 9.17) is 28.2 Å². The minimum atomic E-state index is -0.224. The lowest BCUT2D eigenvalue weighted by Crippen LogP contribution is -2.41. The van der Waals surface area contributed by atoms with Crippen molar-refractivity contribution in [2.45, 2.75) is 26.4 Å². The minimum absolute atomic E-state index is 0.104. The van der Waals surface area contributed by atoms with Gasteiger partial charge in [-0.1, -0.05) is 29.3 Å². The van der Waals surface area contributed by atoms with Gasteiger partial charge in [-0.15, -0.1) is 21.5 Å². The van der Waals surface area contributed by atoms with Gasteiger partial charge in [-0.25, -0.2) is 4.98 Å². The summed E-state index contributed by atoms with van der Waals surface area (Å²) in [6.45, 7) is 5.17. The van der Waals surface area contributed by atoms with E-state index < -0.39 is 0 Å². The van der Waals surface area contributed by atoms with Crippen LogP contribution in [0.4, 0.5) is 0 Å². The molecule has 6 nitrogen and oxygen atoms in total. The molecular weight excluding hydrogens is 441 g/mol. The number of benzene rings is 2. The van der Waals surface area contributed by atoms with Crippen molar-refractivity contribution in [1.82, 2.24) is 24.6 Å². The first-order valence-corrected chi connectivity index (χ1v) is 11.1. The largest absolute Gasteiger partial charge is 0.327 e. The molecule has 152 valence electrons. The molecule has 1 amide bonds. The second-order valence-corrected chi connectivity index (χ2v) is 9.17. The number of nitrogens with zero attached hydrogens (tertiary/aromatic N) is 5. The van der Waals surface area contributed by atoms with Crippen LogP contribution in [0, 0.1) is 6.92 Å². The fraction of sp³-hybridized carbons (Fsp3) is 0.238. The highest BCUT2D eigenvalue weighted by Gasteiger charge is 2.32. The van der Waals surface area contributed by atoms with Crippen LogP contribution in [0.15, 0.2) is 36.4 Å². The fourth-order valence-electron chi connectivity index (χ4n) is 3.74. The Labute approximate surface area is 187 Å². The van der Waals surface area contributed by atoms with Crippen LogP contribution in [0.5, 0.6) is 0 Å². The molecule has 4 aromatic rings. The Morgan fingerprint density at radius 2 is 1.93 bits per heavy atom. The van der Waals surface area contributed by atoms with Crippen LogP contribution in [0.3, 0.4) is 0 Å². The third kappa shape index (κ3) is 3.17. The molecule has 1 aliphatic heterocycles. The molecule has 2 aromatic carbocycles. The highest BCUT2D eigenvalue weighted by atomic mass is 35.5. The first-order valence-electron chi connectivity index (χ1n) is 9.49. The van der Waals surface area contributed by atoms with E-state index in [0.717, 1.165) is 26.9 Å². The molecule has 0 aliphatic carbocycles. The zero-order chi connectivity index (χ0) is 21.0. The Bertz CT molecular complexity index is 1300. The van der Waals surface area contributed by atoms with Gasteiger partial charge < -0.3 is 9.47 Å². The smallest absolute Gasteiger partial charge is 0.254 e. The summed E-state index contributed by atoms with van der Waals surface area (Å²) in [5, 5.41) is 10.4. The van der Waals surface area contributed by atoms with E-state index in [0.29, 0.717) is 28.7 Å². The van der Waals surface area contributed by atoms with Gasteiger partial charge in [0, 0.05) is 18.7 Å². The van der Waals surface area contributed by atoms with Crippen molar-refractivity contribution in [3.63, 3.8) is 0 Å². The van der Waals surface area contributed by atoms with Gasteiger partial charge in [-0.05, 0) is 49.7 Å². The van der Waals surface area contributed by atoms with Crippen LogP contribution < -0.4 is 0 Å². The second kappa shape index (κ2) is 7.34. The average Bonchev–Trinajstić information content (AvgIpc) is 3.33. The van der Waals surface area contributed by atoms with E-state index in [2.05, 4.69) is 33.8 Å². The maximum atomic E-state index is 13.1. The van der Waals surface area contributed by atoms with Gasteiger partial charge in [0.15, 0.2) is 16.7 Å². The number of amides is 1. The molecule has 1 atom stereocenters. The summed E-state index contributed by atoms with van der Waals surface area (Å²) in [7, 11) is 0. The topological polar surface area (TPSA) is 63.9 Å². The number of hydrogen-bond donors (Lipinski definition) is 0. The molecule has 9 heteroatoms. The summed E-state index contributed by atoms with van der Waals surface area (Å²) in [5.41, 5.74) is 2.66. The summed E-state index contributed by atoms with van der Waals surface area (Å²) in [6, 6.07) is 10.9. The molecule has 0 saturated heterocycles. The van der Waals surface area contributed by atoms with Crippen LogP contribution in [0.1, 0.15) is 34.7 Å². The Kier molecular flexibility index (Phi) is 4.76. The van der Waals surface area contributed by atoms with Crippen LogP contribution in [0.2, 0.25) is 10.0 Å². The number of thiazole rings is 1. The van der Waals surface area contributed by atoms with Gasteiger partial charge in [-0.3, -0.25) is 4.79 Å². The number of rotatable bonds is 2. The fourth-order valence-corrected chi connectivity index (χ4v) is 5.10. The van der Waals surface area contributed by atoms with Crippen LogP contribution in [-0.2, 0) is 6.54 Å². The lowest BCUT2D eigenvalue weighted by Gasteiger charge is -2.33. The Hall–Kier alpha value is -2.48. The third-order valence-electron chi connectivity index (χ3n) is 5.35. The molecule has 0 N–H and O–H groups in total. The van der Waals surface area contributed by atoms with Crippen molar-refractivity contribution in [3.8, 4) is 10.8 Å². The molecule has 0 unspecified atom stereocenters. The summed E-state index contributed by atoms with van der Waals surface area (Å²) in [5.74, 6) is 1.39. The molecule has 0 fully saturated rings. The third-order valence-corrected chi connectivity index (χ3v) is 7.10. The molecule has 1 aliphatic rings. The summed E-state index contributed by atoms with van der Waals surface area (Å²) < 4.78 is 3.19. The maximum absolute atomic E-state index is 13.1. The van der Waals surface area contributed by atoms with Crippen molar-refractivity contribution >= 4 is 50.7 Å². The van der Waals surface area contributed by atoms with Crippen molar-refractivity contribution in [2.75, 3.05) is 6.54 Å². The van der Waals surface area contributed by atoms with Crippen molar-refractivity contribution in [1.29, 1.82) is 0 Å². The molecule has 0 bridgehead atoms. The van der Waals surface area contributed by atoms with Gasteiger partial charge in [0.05, 0.1) is 26.3 Å². The predicted octanol–water partition coefficient (Wildman–Crippen LogP) is 5.39. The number of fused-ring (bicyclic) bond motifs is 2. The Morgan fingerprint density at radius 1 is 1.10 bits per heavy atom. The van der Waals surface area contributed by atoms with Crippen molar-refractivity contribution in [3.05, 3.63) is 63.4 Å². The highest BCUT2D eigenvalue weighted by molar-refractivity contribution is 7.21. The SMILES string of the molecule is Cc1ccc2nc(-c3nnc4n3CCN(C(=O)c3ccc(Cl)c(Cl)c3)[C@@H]4C)sc2c1. The van der Waals surface area contributed by atoms with Gasteiger partial charge in [0.1, 0.15) is 0 Å². The quantitative estimate of drug-likeness (QED) is 0.404. The average molecular weight is 458 g/mol. The monoisotopic (exact) mass is 457 g/mol. The first-order chi connectivity index (χ1) is 14.4. The van der Waals surface area contributed by atoms with Gasteiger partial charge in [0.25, 0.3) is 5.91 Å². The van der Waals surface area contributed by atoms with E-state index in [1.54, 1.807) is 34.4 Å². The minimum Gasteiger partial charge on any atom is -0.327 e. The van der Waals surface area contributed by atoms with Crippen LogP contribution in [-0.4, -0.2) is 37.1 Å². The first kappa shape index (κ1) is 19.5. The van der Waals surface area contributed by atoms with Crippen molar-refractivity contribution in [2.24, 2.45) is 0 Å². The van der Waals surface area contributed by atoms with Gasteiger partial charge in [0.2, 0.25) is 0 Å². The molecule has 0 saturated carbocycles. The Morgan fingerprint density at radius 3 is 2.73 bits per heavy atom. The summed E-state index contributed by atoms with van der Waals surface area (Å²) in [6.07, 6.45) is 0. The van der Waals surface area contributed by atoms with E-state index in [1.165, 1.54) is 5.56 Å². The maximum Gasteiger partial charge on any atom is 0.254 e. The number of aromatic nitrogens is 4.